The van der Waals surface area contributed by atoms with Crippen molar-refractivity contribution in [2.75, 3.05) is 13.1 Å². The molecule has 0 aliphatic carbocycles. The van der Waals surface area contributed by atoms with Crippen molar-refractivity contribution in [1.82, 2.24) is 10.2 Å². The highest BCUT2D eigenvalue weighted by atomic mass is 16.2. The first-order chi connectivity index (χ1) is 6.29. The third-order valence-corrected chi connectivity index (χ3v) is 3.27. The van der Waals surface area contributed by atoms with Crippen molar-refractivity contribution >= 4 is 5.91 Å². The second-order valence-electron chi connectivity index (χ2n) is 4.12. The zero-order valence-corrected chi connectivity index (χ0v) is 8.25. The first-order valence-corrected chi connectivity index (χ1v) is 5.29. The van der Waals surface area contributed by atoms with Gasteiger partial charge < -0.3 is 10.2 Å². The second-order valence-corrected chi connectivity index (χ2v) is 4.12. The molecule has 1 amide bonds. The molecule has 2 rings (SSSR count). The van der Waals surface area contributed by atoms with Crippen LogP contribution in [0.25, 0.3) is 0 Å². The lowest BCUT2D eigenvalue weighted by molar-refractivity contribution is -0.133. The molecule has 0 radical (unpaired) electrons. The minimum absolute atomic E-state index is 0.249. The van der Waals surface area contributed by atoms with Crippen LogP contribution in [0.15, 0.2) is 0 Å². The van der Waals surface area contributed by atoms with Crippen molar-refractivity contribution in [3.63, 3.8) is 0 Å². The van der Waals surface area contributed by atoms with Crippen LogP contribution in [-0.4, -0.2) is 36.0 Å². The van der Waals surface area contributed by atoms with Crippen molar-refractivity contribution in [3.8, 4) is 0 Å². The van der Waals surface area contributed by atoms with Crippen molar-refractivity contribution in [3.05, 3.63) is 0 Å². The third kappa shape index (κ3) is 1.70. The van der Waals surface area contributed by atoms with Crippen LogP contribution < -0.4 is 5.32 Å². The highest BCUT2D eigenvalue weighted by molar-refractivity contribution is 5.73. The Labute approximate surface area is 79.5 Å². The van der Waals surface area contributed by atoms with Gasteiger partial charge in [-0.3, -0.25) is 4.79 Å². The van der Waals surface area contributed by atoms with E-state index in [2.05, 4.69) is 10.2 Å². The molecule has 0 bridgehead atoms. The smallest absolute Gasteiger partial charge is 0.219 e. The predicted octanol–water partition coefficient (Wildman–Crippen LogP) is 0.749. The molecule has 3 heteroatoms. The number of likely N-dealkylation sites (tertiary alicyclic amines) is 1. The normalized spacial score (nSPS) is 34.1. The van der Waals surface area contributed by atoms with Gasteiger partial charge in [-0.15, -0.1) is 0 Å². The summed E-state index contributed by atoms with van der Waals surface area (Å²) in [5, 5.41) is 3.51. The summed E-state index contributed by atoms with van der Waals surface area (Å²) in [6.45, 7) is 3.79. The molecule has 0 aromatic rings. The molecule has 0 saturated carbocycles. The van der Waals surface area contributed by atoms with Crippen LogP contribution in [-0.2, 0) is 4.79 Å². The third-order valence-electron chi connectivity index (χ3n) is 3.27. The van der Waals surface area contributed by atoms with Gasteiger partial charge in [0.15, 0.2) is 0 Å². The lowest BCUT2D eigenvalue weighted by atomic mass is 9.89. The van der Waals surface area contributed by atoms with Crippen molar-refractivity contribution in [2.45, 2.75) is 44.7 Å². The van der Waals surface area contributed by atoms with Crippen molar-refractivity contribution in [2.24, 2.45) is 0 Å². The molecule has 2 atom stereocenters. The fourth-order valence-corrected chi connectivity index (χ4v) is 2.64. The number of fused-ring (bicyclic) bond motifs is 1. The zero-order valence-electron chi connectivity index (χ0n) is 8.25. The molecule has 1 N–H and O–H groups in total. The Morgan fingerprint density at radius 2 is 2.23 bits per heavy atom. The number of carbonyl (C=O) groups is 1. The lowest BCUT2D eigenvalue weighted by Crippen LogP contribution is -2.58. The Morgan fingerprint density at radius 3 is 3.00 bits per heavy atom. The highest BCUT2D eigenvalue weighted by Gasteiger charge is 2.33. The topological polar surface area (TPSA) is 32.3 Å². The van der Waals surface area contributed by atoms with Gasteiger partial charge in [-0.2, -0.15) is 0 Å². The Kier molecular flexibility index (Phi) is 2.54. The van der Waals surface area contributed by atoms with Crippen molar-refractivity contribution in [1.29, 1.82) is 0 Å². The summed E-state index contributed by atoms with van der Waals surface area (Å²) in [4.78, 5) is 13.4. The molecule has 2 fully saturated rings. The molecular weight excluding hydrogens is 164 g/mol. The maximum atomic E-state index is 11.4. The molecule has 0 aromatic carbocycles. The molecule has 2 unspecified atom stereocenters. The van der Waals surface area contributed by atoms with Crippen LogP contribution in [0.2, 0.25) is 0 Å². The quantitative estimate of drug-likeness (QED) is 0.599. The second kappa shape index (κ2) is 3.66. The average Bonchev–Trinajstić information content (AvgIpc) is 2.17. The average molecular weight is 182 g/mol. The minimum Gasteiger partial charge on any atom is -0.338 e. The number of nitrogens with zero attached hydrogens (tertiary/aromatic N) is 1. The van der Waals surface area contributed by atoms with E-state index in [1.54, 1.807) is 6.92 Å². The molecule has 2 aliphatic rings. The lowest BCUT2D eigenvalue weighted by Gasteiger charge is -2.44. The van der Waals surface area contributed by atoms with Crippen molar-refractivity contribution < 1.29 is 4.79 Å². The van der Waals surface area contributed by atoms with Gasteiger partial charge >= 0.3 is 0 Å². The summed E-state index contributed by atoms with van der Waals surface area (Å²) in [6, 6.07) is 1.06. The van der Waals surface area contributed by atoms with Gasteiger partial charge in [0.2, 0.25) is 5.91 Å². The molecule has 3 nitrogen and oxygen atoms in total. The summed E-state index contributed by atoms with van der Waals surface area (Å²) in [7, 11) is 0. The summed E-state index contributed by atoms with van der Waals surface area (Å²) >= 11 is 0. The summed E-state index contributed by atoms with van der Waals surface area (Å²) in [6.07, 6.45) is 4.81. The van der Waals surface area contributed by atoms with E-state index in [9.17, 15) is 4.79 Å². The van der Waals surface area contributed by atoms with Gasteiger partial charge in [-0.25, -0.2) is 0 Å². The largest absolute Gasteiger partial charge is 0.338 e. The highest BCUT2D eigenvalue weighted by Crippen LogP contribution is 2.24. The Hall–Kier alpha value is -0.570. The van der Waals surface area contributed by atoms with Gasteiger partial charge in [-0.05, 0) is 32.2 Å². The molecule has 2 saturated heterocycles. The molecule has 13 heavy (non-hydrogen) atoms. The van der Waals surface area contributed by atoms with Crippen LogP contribution in [0.4, 0.5) is 0 Å². The van der Waals surface area contributed by atoms with E-state index >= 15 is 0 Å². The molecular formula is C10H18N2O. The number of amides is 1. The molecule has 0 spiro atoms. The number of hydrogen-bond donors (Lipinski definition) is 1. The standard InChI is InChI=1S/C10H18N2O/c1-8(13)12-7-3-4-9-10(12)5-2-6-11-9/h9-11H,2-7H2,1H3. The molecule has 2 heterocycles. The number of nitrogens with one attached hydrogen (secondary N) is 1. The van der Waals surface area contributed by atoms with Gasteiger partial charge in [0.1, 0.15) is 0 Å². The van der Waals surface area contributed by atoms with Crippen LogP contribution in [0.1, 0.15) is 32.6 Å². The SMILES string of the molecule is CC(=O)N1CCCC2NCCCC21. The van der Waals surface area contributed by atoms with Crippen LogP contribution >= 0.6 is 0 Å². The first kappa shape index (κ1) is 9.00. The van der Waals surface area contributed by atoms with Gasteiger partial charge in [0, 0.05) is 25.6 Å². The molecule has 74 valence electrons. The van der Waals surface area contributed by atoms with Crippen LogP contribution in [0.3, 0.4) is 0 Å². The summed E-state index contributed by atoms with van der Waals surface area (Å²) < 4.78 is 0. The maximum Gasteiger partial charge on any atom is 0.219 e. The Morgan fingerprint density at radius 1 is 1.38 bits per heavy atom. The van der Waals surface area contributed by atoms with Gasteiger partial charge in [0.25, 0.3) is 0 Å². The van der Waals surface area contributed by atoms with E-state index in [4.69, 9.17) is 0 Å². The fraction of sp³-hybridized carbons (Fsp3) is 0.900. The minimum atomic E-state index is 0.249. The monoisotopic (exact) mass is 182 g/mol. The van der Waals surface area contributed by atoms with Gasteiger partial charge in [-0.1, -0.05) is 0 Å². The molecule has 2 aliphatic heterocycles. The van der Waals surface area contributed by atoms with Crippen LogP contribution in [0.5, 0.6) is 0 Å². The number of carbonyl (C=O) groups excluding carboxylic acids is 1. The van der Waals surface area contributed by atoms with E-state index in [1.165, 1.54) is 19.3 Å². The molecule has 0 aromatic heterocycles. The van der Waals surface area contributed by atoms with E-state index in [-0.39, 0.29) is 5.91 Å². The Balaban J connectivity index is 2.06. The van der Waals surface area contributed by atoms with Gasteiger partial charge in [0.05, 0.1) is 0 Å². The fourth-order valence-electron chi connectivity index (χ4n) is 2.64. The number of rotatable bonds is 0. The summed E-state index contributed by atoms with van der Waals surface area (Å²) in [5.41, 5.74) is 0. The first-order valence-electron chi connectivity index (χ1n) is 5.29. The maximum absolute atomic E-state index is 11.4. The number of piperidine rings is 2. The van der Waals surface area contributed by atoms with E-state index in [0.717, 1.165) is 19.5 Å². The van der Waals surface area contributed by atoms with Crippen LogP contribution in [0, 0.1) is 0 Å². The predicted molar refractivity (Wildman–Crippen MR) is 51.4 cm³/mol. The van der Waals surface area contributed by atoms with E-state index in [1.807, 2.05) is 0 Å². The summed E-state index contributed by atoms with van der Waals surface area (Å²) in [5.74, 6) is 0.249. The number of hydrogen-bond acceptors (Lipinski definition) is 2. The van der Waals surface area contributed by atoms with E-state index in [0.29, 0.717) is 12.1 Å². The Bertz CT molecular complexity index is 203. The van der Waals surface area contributed by atoms with E-state index < -0.39 is 0 Å². The zero-order chi connectivity index (χ0) is 9.26.